The summed E-state index contributed by atoms with van der Waals surface area (Å²) in [4.78, 5) is 9.16. The average Bonchev–Trinajstić information content (AvgIpc) is 2.73. The third-order valence-corrected chi connectivity index (χ3v) is 4.32. The summed E-state index contributed by atoms with van der Waals surface area (Å²) < 4.78 is 19.1. The Morgan fingerprint density at radius 2 is 1.68 bits per heavy atom. The van der Waals surface area contributed by atoms with Crippen molar-refractivity contribution in [3.05, 3.63) is 84.2 Å². The summed E-state index contributed by atoms with van der Waals surface area (Å²) in [6.07, 6.45) is 0. The number of nitrogens with zero attached hydrogens (tertiary/aromatic N) is 2. The normalized spacial score (nSPS) is 10.6. The van der Waals surface area contributed by atoms with Crippen molar-refractivity contribution in [2.45, 2.75) is 6.54 Å². The van der Waals surface area contributed by atoms with E-state index in [-0.39, 0.29) is 5.75 Å². The molecular weight excluding hydrogens is 355 g/mol. The molecule has 0 saturated heterocycles. The Bertz CT molecular complexity index is 1100. The molecule has 5 nitrogen and oxygen atoms in total. The van der Waals surface area contributed by atoms with Crippen molar-refractivity contribution in [2.75, 3.05) is 17.7 Å². The van der Waals surface area contributed by atoms with Crippen LogP contribution in [0.4, 0.5) is 21.8 Å². The van der Waals surface area contributed by atoms with Gasteiger partial charge in [0.2, 0.25) is 5.95 Å². The second kappa shape index (κ2) is 7.92. The molecule has 4 rings (SSSR count). The molecule has 6 heteroatoms. The summed E-state index contributed by atoms with van der Waals surface area (Å²) >= 11 is 0. The summed E-state index contributed by atoms with van der Waals surface area (Å²) in [5.41, 5.74) is 2.39. The highest BCUT2D eigenvalue weighted by atomic mass is 19.1. The Kier molecular flexibility index (Phi) is 5.01. The standard InChI is InChI=1S/C22H19FN4O/c1-28-20-17(23)11-7-13-19(20)26-22-25-18-12-6-5-10-16(18)21(27-22)24-14-15-8-3-2-4-9-15/h2-13H,14H2,1H3,(H2,24,25,26,27). The summed E-state index contributed by atoms with van der Waals surface area (Å²) in [6, 6.07) is 22.5. The molecule has 4 aromatic rings. The van der Waals surface area contributed by atoms with E-state index in [4.69, 9.17) is 4.74 Å². The van der Waals surface area contributed by atoms with Gasteiger partial charge in [-0.25, -0.2) is 9.37 Å². The minimum Gasteiger partial charge on any atom is -0.492 e. The largest absolute Gasteiger partial charge is 0.492 e. The van der Waals surface area contributed by atoms with Crippen molar-refractivity contribution < 1.29 is 9.13 Å². The van der Waals surface area contributed by atoms with Crippen LogP contribution in [0.3, 0.4) is 0 Å². The first-order chi connectivity index (χ1) is 13.7. The Morgan fingerprint density at radius 1 is 0.893 bits per heavy atom. The number of methoxy groups -OCH3 is 1. The number of hydrogen-bond acceptors (Lipinski definition) is 5. The van der Waals surface area contributed by atoms with E-state index >= 15 is 0 Å². The van der Waals surface area contributed by atoms with Crippen molar-refractivity contribution in [3.63, 3.8) is 0 Å². The number of halogens is 1. The molecule has 140 valence electrons. The van der Waals surface area contributed by atoms with Gasteiger partial charge in [-0.3, -0.25) is 0 Å². The lowest BCUT2D eigenvalue weighted by Crippen LogP contribution is -2.06. The number of para-hydroxylation sites is 2. The molecule has 1 heterocycles. The van der Waals surface area contributed by atoms with Crippen LogP contribution in [0.15, 0.2) is 72.8 Å². The van der Waals surface area contributed by atoms with Gasteiger partial charge in [0.15, 0.2) is 11.6 Å². The van der Waals surface area contributed by atoms with E-state index in [0.29, 0.717) is 24.0 Å². The zero-order valence-electron chi connectivity index (χ0n) is 15.3. The number of hydrogen-bond donors (Lipinski definition) is 2. The molecule has 0 unspecified atom stereocenters. The van der Waals surface area contributed by atoms with Crippen LogP contribution in [0, 0.1) is 5.82 Å². The molecule has 0 radical (unpaired) electrons. The Labute approximate surface area is 162 Å². The lowest BCUT2D eigenvalue weighted by molar-refractivity contribution is 0.388. The van der Waals surface area contributed by atoms with Crippen molar-refractivity contribution in [3.8, 4) is 5.75 Å². The molecule has 1 aromatic heterocycles. The number of fused-ring (bicyclic) bond motifs is 1. The van der Waals surface area contributed by atoms with Gasteiger partial charge in [-0.1, -0.05) is 48.5 Å². The smallest absolute Gasteiger partial charge is 0.229 e. The minimum atomic E-state index is -0.448. The van der Waals surface area contributed by atoms with Gasteiger partial charge in [-0.15, -0.1) is 0 Å². The monoisotopic (exact) mass is 374 g/mol. The third-order valence-electron chi connectivity index (χ3n) is 4.32. The molecule has 0 aliphatic rings. The van der Waals surface area contributed by atoms with Crippen molar-refractivity contribution >= 4 is 28.4 Å². The fourth-order valence-electron chi connectivity index (χ4n) is 2.98. The molecule has 3 aromatic carbocycles. The first kappa shape index (κ1) is 17.7. The van der Waals surface area contributed by atoms with E-state index in [1.807, 2.05) is 54.6 Å². The second-order valence-corrected chi connectivity index (χ2v) is 6.20. The number of anilines is 3. The van der Waals surface area contributed by atoms with Crippen LogP contribution in [0.25, 0.3) is 10.9 Å². The molecule has 0 bridgehead atoms. The van der Waals surface area contributed by atoms with Crippen LogP contribution in [-0.4, -0.2) is 17.1 Å². The number of aromatic nitrogens is 2. The van der Waals surface area contributed by atoms with E-state index in [0.717, 1.165) is 16.5 Å². The molecule has 28 heavy (non-hydrogen) atoms. The highest BCUT2D eigenvalue weighted by Crippen LogP contribution is 2.30. The van der Waals surface area contributed by atoms with Gasteiger partial charge in [0, 0.05) is 11.9 Å². The van der Waals surface area contributed by atoms with Crippen LogP contribution in [0.1, 0.15) is 5.56 Å². The zero-order chi connectivity index (χ0) is 19.3. The molecular formula is C22H19FN4O. The highest BCUT2D eigenvalue weighted by Gasteiger charge is 2.12. The van der Waals surface area contributed by atoms with Crippen molar-refractivity contribution in [1.29, 1.82) is 0 Å². The lowest BCUT2D eigenvalue weighted by Gasteiger charge is -2.14. The number of nitrogens with one attached hydrogen (secondary N) is 2. The number of benzene rings is 3. The molecule has 0 amide bonds. The van der Waals surface area contributed by atoms with Gasteiger partial charge >= 0.3 is 0 Å². The minimum absolute atomic E-state index is 0.123. The Morgan fingerprint density at radius 3 is 2.50 bits per heavy atom. The van der Waals surface area contributed by atoms with Gasteiger partial charge in [-0.2, -0.15) is 4.98 Å². The molecule has 0 atom stereocenters. The number of ether oxygens (including phenoxy) is 1. The van der Waals surface area contributed by atoms with E-state index in [9.17, 15) is 4.39 Å². The second-order valence-electron chi connectivity index (χ2n) is 6.20. The average molecular weight is 374 g/mol. The Balaban J connectivity index is 1.69. The Hall–Kier alpha value is -3.67. The third kappa shape index (κ3) is 3.71. The molecule has 0 spiro atoms. The zero-order valence-corrected chi connectivity index (χ0v) is 15.3. The first-order valence-electron chi connectivity index (χ1n) is 8.88. The predicted octanol–water partition coefficient (Wildman–Crippen LogP) is 5.13. The molecule has 0 aliphatic carbocycles. The first-order valence-corrected chi connectivity index (χ1v) is 8.88. The van der Waals surface area contributed by atoms with E-state index in [1.165, 1.54) is 13.2 Å². The van der Waals surface area contributed by atoms with Crippen molar-refractivity contribution in [1.82, 2.24) is 9.97 Å². The van der Waals surface area contributed by atoms with Crippen LogP contribution < -0.4 is 15.4 Å². The summed E-state index contributed by atoms with van der Waals surface area (Å²) in [5, 5.41) is 7.35. The number of rotatable bonds is 6. The lowest BCUT2D eigenvalue weighted by atomic mass is 10.2. The van der Waals surface area contributed by atoms with Gasteiger partial charge in [0.25, 0.3) is 0 Å². The molecule has 2 N–H and O–H groups in total. The molecule has 0 fully saturated rings. The van der Waals surface area contributed by atoms with Gasteiger partial charge < -0.3 is 15.4 Å². The van der Waals surface area contributed by atoms with Crippen LogP contribution in [0.5, 0.6) is 5.75 Å². The maximum Gasteiger partial charge on any atom is 0.229 e. The maximum absolute atomic E-state index is 14.0. The fourth-order valence-corrected chi connectivity index (χ4v) is 2.98. The quantitative estimate of drug-likeness (QED) is 0.490. The van der Waals surface area contributed by atoms with Crippen LogP contribution in [-0.2, 0) is 6.54 Å². The SMILES string of the molecule is COc1c(F)cccc1Nc1nc(NCc2ccccc2)c2ccccc2n1. The van der Waals surface area contributed by atoms with E-state index in [2.05, 4.69) is 20.6 Å². The van der Waals surface area contributed by atoms with E-state index in [1.54, 1.807) is 12.1 Å². The highest BCUT2D eigenvalue weighted by molar-refractivity contribution is 5.90. The maximum atomic E-state index is 14.0. The van der Waals surface area contributed by atoms with Gasteiger partial charge in [0.05, 0.1) is 18.3 Å². The van der Waals surface area contributed by atoms with Crippen molar-refractivity contribution in [2.24, 2.45) is 0 Å². The summed E-state index contributed by atoms with van der Waals surface area (Å²) in [6.45, 7) is 0.630. The molecule has 0 saturated carbocycles. The summed E-state index contributed by atoms with van der Waals surface area (Å²) in [7, 11) is 1.43. The molecule has 0 aliphatic heterocycles. The van der Waals surface area contributed by atoms with Gasteiger partial charge in [-0.05, 0) is 29.8 Å². The topological polar surface area (TPSA) is 59.1 Å². The fraction of sp³-hybridized carbons (Fsp3) is 0.0909. The van der Waals surface area contributed by atoms with Crippen LogP contribution >= 0.6 is 0 Å². The predicted molar refractivity (Wildman–Crippen MR) is 110 cm³/mol. The van der Waals surface area contributed by atoms with Crippen LogP contribution in [0.2, 0.25) is 0 Å². The van der Waals surface area contributed by atoms with E-state index < -0.39 is 5.82 Å². The summed E-state index contributed by atoms with van der Waals surface area (Å²) in [5.74, 6) is 0.735. The van der Waals surface area contributed by atoms with Gasteiger partial charge in [0.1, 0.15) is 5.82 Å².